The summed E-state index contributed by atoms with van der Waals surface area (Å²) in [6, 6.07) is 13.5. The van der Waals surface area contributed by atoms with Crippen LogP contribution in [0.5, 0.6) is 0 Å². The van der Waals surface area contributed by atoms with E-state index in [1.54, 1.807) is 6.92 Å². The average molecular weight is 372 g/mol. The molecule has 7 nitrogen and oxygen atoms in total. The summed E-state index contributed by atoms with van der Waals surface area (Å²) < 4.78 is 4.99. The maximum absolute atomic E-state index is 12.2. The zero-order valence-electron chi connectivity index (χ0n) is 15.5. The highest BCUT2D eigenvalue weighted by molar-refractivity contribution is 5.91. The molecular formula is C20H24N2O5. The molecule has 0 aliphatic carbocycles. The van der Waals surface area contributed by atoms with E-state index in [2.05, 4.69) is 10.6 Å². The summed E-state index contributed by atoms with van der Waals surface area (Å²) in [4.78, 5) is 35.3. The van der Waals surface area contributed by atoms with Crippen molar-refractivity contribution in [2.75, 3.05) is 20.3 Å². The first-order valence-corrected chi connectivity index (χ1v) is 8.58. The molecule has 0 aliphatic heterocycles. The third-order valence-corrected chi connectivity index (χ3v) is 4.12. The Bertz CT molecular complexity index is 831. The molecule has 27 heavy (non-hydrogen) atoms. The van der Waals surface area contributed by atoms with Gasteiger partial charge in [0.2, 0.25) is 11.8 Å². The van der Waals surface area contributed by atoms with Gasteiger partial charge in [0, 0.05) is 7.11 Å². The van der Waals surface area contributed by atoms with Crippen LogP contribution in [0.15, 0.2) is 42.5 Å². The first kappa shape index (κ1) is 20.4. The predicted octanol–water partition coefficient (Wildman–Crippen LogP) is 1.49. The highest BCUT2D eigenvalue weighted by atomic mass is 16.5. The largest absolute Gasteiger partial charge is 0.481 e. The van der Waals surface area contributed by atoms with Crippen LogP contribution in [0.25, 0.3) is 10.8 Å². The van der Waals surface area contributed by atoms with E-state index in [1.165, 1.54) is 7.11 Å². The van der Waals surface area contributed by atoms with Crippen molar-refractivity contribution in [1.82, 2.24) is 10.6 Å². The second-order valence-corrected chi connectivity index (χ2v) is 6.70. The van der Waals surface area contributed by atoms with Crippen molar-refractivity contribution in [1.29, 1.82) is 0 Å². The molecule has 0 saturated heterocycles. The number of carboxylic acids is 1. The summed E-state index contributed by atoms with van der Waals surface area (Å²) >= 11 is 0. The lowest BCUT2D eigenvalue weighted by Crippen LogP contribution is -2.53. The Labute approximate surface area is 157 Å². The van der Waals surface area contributed by atoms with Crippen LogP contribution in [0, 0.1) is 0 Å². The van der Waals surface area contributed by atoms with E-state index in [9.17, 15) is 14.4 Å². The second kappa shape index (κ2) is 9.14. The van der Waals surface area contributed by atoms with E-state index < -0.39 is 17.4 Å². The molecule has 1 atom stereocenters. The van der Waals surface area contributed by atoms with Crippen LogP contribution >= 0.6 is 0 Å². The van der Waals surface area contributed by atoms with Crippen LogP contribution in [0.4, 0.5) is 0 Å². The predicted molar refractivity (Wildman–Crippen MR) is 101 cm³/mol. The molecular weight excluding hydrogens is 348 g/mol. The smallest absolute Gasteiger partial charge is 0.305 e. The number of aliphatic carboxylic acids is 1. The number of fused-ring (bicyclic) bond motifs is 1. The Morgan fingerprint density at radius 3 is 2.48 bits per heavy atom. The fraction of sp³-hybridized carbons (Fsp3) is 0.350. The number of carboxylic acid groups (broad SMARTS) is 1. The number of hydrogen-bond acceptors (Lipinski definition) is 4. The molecule has 2 aromatic carbocycles. The summed E-state index contributed by atoms with van der Waals surface area (Å²) in [5, 5.41) is 16.2. The van der Waals surface area contributed by atoms with Gasteiger partial charge >= 0.3 is 5.97 Å². The SMILES string of the molecule is COCC(C)(CC(=O)O)NC(=O)CNC(=O)Cc1cccc2ccccc12. The van der Waals surface area contributed by atoms with Crippen LogP contribution in [-0.2, 0) is 25.5 Å². The number of methoxy groups -OCH3 is 1. The zero-order valence-corrected chi connectivity index (χ0v) is 15.5. The van der Waals surface area contributed by atoms with Gasteiger partial charge in [0.05, 0.1) is 31.5 Å². The van der Waals surface area contributed by atoms with E-state index in [4.69, 9.17) is 9.84 Å². The maximum atomic E-state index is 12.2. The number of benzene rings is 2. The molecule has 0 aromatic heterocycles. The van der Waals surface area contributed by atoms with Crippen LogP contribution in [0.1, 0.15) is 18.9 Å². The van der Waals surface area contributed by atoms with Crippen molar-refractivity contribution in [2.45, 2.75) is 25.3 Å². The van der Waals surface area contributed by atoms with Gasteiger partial charge < -0.3 is 20.5 Å². The Hall–Kier alpha value is -2.93. The molecule has 144 valence electrons. The highest BCUT2D eigenvalue weighted by Gasteiger charge is 2.29. The number of ether oxygens (including phenoxy) is 1. The van der Waals surface area contributed by atoms with Gasteiger partial charge in [0.15, 0.2) is 0 Å². The lowest BCUT2D eigenvalue weighted by atomic mass is 9.99. The minimum absolute atomic E-state index is 0.0506. The Morgan fingerprint density at radius 1 is 1.07 bits per heavy atom. The van der Waals surface area contributed by atoms with E-state index >= 15 is 0 Å². The molecule has 2 amide bonds. The summed E-state index contributed by atoms with van der Waals surface area (Å²) in [5.41, 5.74) is -0.168. The molecule has 0 aliphatic rings. The number of rotatable bonds is 9. The van der Waals surface area contributed by atoms with E-state index in [-0.39, 0.29) is 31.9 Å². The van der Waals surface area contributed by atoms with Crippen LogP contribution < -0.4 is 10.6 Å². The van der Waals surface area contributed by atoms with Crippen molar-refractivity contribution in [2.24, 2.45) is 0 Å². The molecule has 0 heterocycles. The summed E-state index contributed by atoms with van der Waals surface area (Å²) in [5.74, 6) is -1.80. The molecule has 7 heteroatoms. The van der Waals surface area contributed by atoms with Gasteiger partial charge in [0.25, 0.3) is 0 Å². The Morgan fingerprint density at radius 2 is 1.78 bits per heavy atom. The second-order valence-electron chi connectivity index (χ2n) is 6.70. The fourth-order valence-corrected chi connectivity index (χ4v) is 3.03. The number of hydrogen-bond donors (Lipinski definition) is 3. The quantitative estimate of drug-likeness (QED) is 0.619. The summed E-state index contributed by atoms with van der Waals surface area (Å²) in [6.07, 6.45) is -0.129. The van der Waals surface area contributed by atoms with Gasteiger partial charge in [-0.1, -0.05) is 42.5 Å². The van der Waals surface area contributed by atoms with Crippen molar-refractivity contribution in [3.63, 3.8) is 0 Å². The number of nitrogens with one attached hydrogen (secondary N) is 2. The van der Waals surface area contributed by atoms with Crippen LogP contribution in [0.3, 0.4) is 0 Å². The third kappa shape index (κ3) is 6.07. The van der Waals surface area contributed by atoms with Crippen LogP contribution in [-0.4, -0.2) is 48.7 Å². The Balaban J connectivity index is 1.92. The first-order chi connectivity index (χ1) is 12.8. The summed E-state index contributed by atoms with van der Waals surface area (Å²) in [6.45, 7) is 1.40. The lowest BCUT2D eigenvalue weighted by Gasteiger charge is -2.28. The minimum Gasteiger partial charge on any atom is -0.481 e. The number of carbonyl (C=O) groups is 3. The summed E-state index contributed by atoms with van der Waals surface area (Å²) in [7, 11) is 1.43. The van der Waals surface area contributed by atoms with Crippen molar-refractivity contribution >= 4 is 28.6 Å². The normalized spacial score (nSPS) is 13.0. The van der Waals surface area contributed by atoms with E-state index in [1.807, 2.05) is 42.5 Å². The van der Waals surface area contributed by atoms with Gasteiger partial charge in [0.1, 0.15) is 0 Å². The monoisotopic (exact) mass is 372 g/mol. The topological polar surface area (TPSA) is 105 Å². The van der Waals surface area contributed by atoms with Gasteiger partial charge in [-0.3, -0.25) is 14.4 Å². The zero-order chi connectivity index (χ0) is 19.9. The van der Waals surface area contributed by atoms with Crippen LogP contribution in [0.2, 0.25) is 0 Å². The molecule has 0 saturated carbocycles. The highest BCUT2D eigenvalue weighted by Crippen LogP contribution is 2.18. The number of amides is 2. The first-order valence-electron chi connectivity index (χ1n) is 8.58. The molecule has 3 N–H and O–H groups in total. The number of carbonyl (C=O) groups excluding carboxylic acids is 2. The fourth-order valence-electron chi connectivity index (χ4n) is 3.03. The minimum atomic E-state index is -1.05. The Kier molecular flexibility index (Phi) is 6.90. The van der Waals surface area contributed by atoms with Crippen molar-refractivity contribution < 1.29 is 24.2 Å². The van der Waals surface area contributed by atoms with E-state index in [0.29, 0.717) is 0 Å². The third-order valence-electron chi connectivity index (χ3n) is 4.12. The molecule has 1 unspecified atom stereocenters. The van der Waals surface area contributed by atoms with Crippen molar-refractivity contribution in [3.8, 4) is 0 Å². The molecule has 0 spiro atoms. The molecule has 0 fully saturated rings. The van der Waals surface area contributed by atoms with Gasteiger partial charge in [-0.2, -0.15) is 0 Å². The van der Waals surface area contributed by atoms with Gasteiger partial charge in [-0.05, 0) is 23.3 Å². The molecule has 2 aromatic rings. The molecule has 2 rings (SSSR count). The van der Waals surface area contributed by atoms with Gasteiger partial charge in [-0.15, -0.1) is 0 Å². The van der Waals surface area contributed by atoms with E-state index in [0.717, 1.165) is 16.3 Å². The van der Waals surface area contributed by atoms with Gasteiger partial charge in [-0.25, -0.2) is 0 Å². The maximum Gasteiger partial charge on any atom is 0.305 e. The average Bonchev–Trinajstić information content (AvgIpc) is 2.59. The molecule has 0 bridgehead atoms. The standard InChI is InChI=1S/C20H24N2O5/c1-20(13-27-2,11-19(25)26)22-18(24)12-21-17(23)10-15-8-5-7-14-6-3-4-9-16(14)15/h3-9H,10-13H2,1-2H3,(H,21,23)(H,22,24)(H,25,26). The van der Waals surface area contributed by atoms with Crippen molar-refractivity contribution in [3.05, 3.63) is 48.0 Å². The lowest BCUT2D eigenvalue weighted by molar-refractivity contribution is -0.140. The molecule has 0 radical (unpaired) electrons.